The summed E-state index contributed by atoms with van der Waals surface area (Å²) in [5.41, 5.74) is 0.832. The van der Waals surface area contributed by atoms with E-state index < -0.39 is 43.5 Å². The Morgan fingerprint density at radius 2 is 1.77 bits per heavy atom. The van der Waals surface area contributed by atoms with Crippen molar-refractivity contribution in [2.24, 2.45) is 0 Å². The third kappa shape index (κ3) is 6.26. The number of anilines is 1. The van der Waals surface area contributed by atoms with Crippen LogP contribution in [-0.4, -0.2) is 48.9 Å². The van der Waals surface area contributed by atoms with E-state index in [0.29, 0.717) is 23.0 Å². The monoisotopic (exact) mass is 633 g/mol. The number of thioether (sulfide) groups is 1. The van der Waals surface area contributed by atoms with Crippen molar-refractivity contribution in [1.29, 1.82) is 0 Å². The molecule has 3 amide bonds. The second-order valence-corrected chi connectivity index (χ2v) is 12.0. The number of nitro groups is 1. The van der Waals surface area contributed by atoms with Crippen molar-refractivity contribution in [3.8, 4) is 11.5 Å². The van der Waals surface area contributed by atoms with Gasteiger partial charge < -0.3 is 14.2 Å². The van der Waals surface area contributed by atoms with Crippen molar-refractivity contribution in [2.75, 3.05) is 19.0 Å². The molecule has 14 heteroatoms. The maximum atomic E-state index is 13.0. The van der Waals surface area contributed by atoms with Gasteiger partial charge in [-0.05, 0) is 60.0 Å². The largest absolute Gasteiger partial charge is 0.493 e. The van der Waals surface area contributed by atoms with Gasteiger partial charge in [0.2, 0.25) is 5.91 Å². The fourth-order valence-electron chi connectivity index (χ4n) is 4.41. The first kappa shape index (κ1) is 30.3. The minimum absolute atomic E-state index is 0.0161. The second-order valence-electron chi connectivity index (χ2n) is 9.50. The summed E-state index contributed by atoms with van der Waals surface area (Å²) >= 11 is 0.653. The molecule has 0 radical (unpaired) electrons. The van der Waals surface area contributed by atoms with Crippen LogP contribution < -0.4 is 14.2 Å². The highest BCUT2D eigenvalue weighted by molar-refractivity contribution is 8.18. The number of hydrogen-bond donors (Lipinski definition) is 1. The van der Waals surface area contributed by atoms with E-state index in [1.54, 1.807) is 12.1 Å². The molecule has 1 saturated heterocycles. The summed E-state index contributed by atoms with van der Waals surface area (Å²) < 4.78 is 36.2. The third-order valence-electron chi connectivity index (χ3n) is 6.59. The number of nitro benzene ring substituents is 1. The lowest BCUT2D eigenvalue weighted by Gasteiger charge is -2.13. The molecule has 4 aromatic rings. The highest BCUT2D eigenvalue weighted by atomic mass is 32.2. The standard InChI is InChI=1S/C30H23N3O9S2/c1-18-10-12-21(16-24(18)33(37)38)44(39,40)42-25-13-11-19(14-26(25)41-2)15-27-29(35)32(30(36)43-27)17-28(34)31-23-9-5-7-20-6-3-4-8-22(20)23/h3-16H,17H2,1-2H3,(H,31,34)/b27-15-. The number of hydrogen-bond acceptors (Lipinski definition) is 10. The lowest BCUT2D eigenvalue weighted by molar-refractivity contribution is -0.385. The average molecular weight is 634 g/mol. The van der Waals surface area contributed by atoms with E-state index >= 15 is 0 Å². The van der Waals surface area contributed by atoms with Crippen molar-refractivity contribution in [2.45, 2.75) is 11.8 Å². The molecule has 0 spiro atoms. The van der Waals surface area contributed by atoms with Crippen LogP contribution >= 0.6 is 11.8 Å². The molecule has 5 rings (SSSR count). The van der Waals surface area contributed by atoms with Gasteiger partial charge in [0.05, 0.1) is 16.9 Å². The Bertz CT molecular complexity index is 1990. The van der Waals surface area contributed by atoms with E-state index in [4.69, 9.17) is 8.92 Å². The molecule has 0 aromatic heterocycles. The van der Waals surface area contributed by atoms with Gasteiger partial charge in [0, 0.05) is 22.7 Å². The van der Waals surface area contributed by atoms with Crippen molar-refractivity contribution in [1.82, 2.24) is 4.90 Å². The average Bonchev–Trinajstić information content (AvgIpc) is 3.25. The number of ether oxygens (including phenoxy) is 1. The number of nitrogens with one attached hydrogen (secondary N) is 1. The number of carbonyl (C=O) groups is 3. The van der Waals surface area contributed by atoms with Gasteiger partial charge in [-0.15, -0.1) is 0 Å². The number of benzene rings is 4. The van der Waals surface area contributed by atoms with Crippen LogP contribution in [0, 0.1) is 17.0 Å². The Balaban J connectivity index is 1.31. The maximum absolute atomic E-state index is 13.0. The van der Waals surface area contributed by atoms with Gasteiger partial charge >= 0.3 is 10.1 Å². The quantitative estimate of drug-likeness (QED) is 0.108. The Hall–Kier alpha value is -5.21. The molecule has 0 aliphatic carbocycles. The minimum Gasteiger partial charge on any atom is -0.493 e. The van der Waals surface area contributed by atoms with Crippen LogP contribution in [-0.2, 0) is 19.7 Å². The summed E-state index contributed by atoms with van der Waals surface area (Å²) in [7, 11) is -3.20. The molecular weight excluding hydrogens is 610 g/mol. The zero-order valence-corrected chi connectivity index (χ0v) is 24.8. The Morgan fingerprint density at radius 1 is 1.02 bits per heavy atom. The molecule has 4 aromatic carbocycles. The van der Waals surface area contributed by atoms with Crippen LogP contribution in [0.25, 0.3) is 16.8 Å². The molecule has 1 N–H and O–H groups in total. The lowest BCUT2D eigenvalue weighted by Crippen LogP contribution is -2.36. The first-order chi connectivity index (χ1) is 21.0. The van der Waals surface area contributed by atoms with Crippen molar-refractivity contribution >= 4 is 67.2 Å². The van der Waals surface area contributed by atoms with Crippen LogP contribution in [0.1, 0.15) is 11.1 Å². The molecule has 0 atom stereocenters. The van der Waals surface area contributed by atoms with Gasteiger partial charge in [-0.1, -0.05) is 48.5 Å². The van der Waals surface area contributed by atoms with Crippen molar-refractivity contribution in [3.05, 3.63) is 105 Å². The lowest BCUT2D eigenvalue weighted by atomic mass is 10.1. The van der Waals surface area contributed by atoms with Crippen LogP contribution in [0.3, 0.4) is 0 Å². The second kappa shape index (κ2) is 12.2. The van der Waals surface area contributed by atoms with Gasteiger partial charge in [-0.3, -0.25) is 29.4 Å². The molecule has 1 fully saturated rings. The zero-order valence-electron chi connectivity index (χ0n) is 23.2. The molecule has 44 heavy (non-hydrogen) atoms. The SMILES string of the molecule is COc1cc(/C=C2\SC(=O)N(CC(=O)Nc3cccc4ccccc34)C2=O)ccc1OS(=O)(=O)c1ccc(C)c([N+](=O)[O-])c1. The molecule has 1 aliphatic heterocycles. The Labute approximate surface area is 255 Å². The van der Waals surface area contributed by atoms with Crippen LogP contribution in [0.15, 0.2) is 88.7 Å². The molecule has 0 saturated carbocycles. The van der Waals surface area contributed by atoms with E-state index in [9.17, 15) is 32.9 Å². The number of imide groups is 1. The number of rotatable bonds is 9. The molecule has 224 valence electrons. The number of carbonyl (C=O) groups excluding carboxylic acids is 3. The number of amides is 3. The summed E-state index contributed by atoms with van der Waals surface area (Å²) in [4.78, 5) is 49.5. The van der Waals surface area contributed by atoms with Gasteiger partial charge in [0.15, 0.2) is 11.5 Å². The third-order valence-corrected chi connectivity index (χ3v) is 8.73. The summed E-state index contributed by atoms with van der Waals surface area (Å²) in [6, 6.07) is 20.4. The highest BCUT2D eigenvalue weighted by Crippen LogP contribution is 2.36. The van der Waals surface area contributed by atoms with E-state index in [1.807, 2.05) is 30.3 Å². The molecule has 1 aliphatic rings. The number of nitrogens with zero attached hydrogens (tertiary/aromatic N) is 2. The summed E-state index contributed by atoms with van der Waals surface area (Å²) in [6.07, 6.45) is 1.40. The van der Waals surface area contributed by atoms with Crippen molar-refractivity contribution < 1.29 is 36.6 Å². The molecular formula is C30H23N3O9S2. The predicted octanol–water partition coefficient (Wildman–Crippen LogP) is 5.51. The van der Waals surface area contributed by atoms with Gasteiger partial charge in [-0.25, -0.2) is 0 Å². The normalized spacial score (nSPS) is 14.2. The smallest absolute Gasteiger partial charge is 0.339 e. The highest BCUT2D eigenvalue weighted by Gasteiger charge is 2.36. The van der Waals surface area contributed by atoms with E-state index in [-0.39, 0.29) is 27.7 Å². The molecule has 0 bridgehead atoms. The number of fused-ring (bicyclic) bond motifs is 1. The van der Waals surface area contributed by atoms with E-state index in [2.05, 4.69) is 5.32 Å². The van der Waals surface area contributed by atoms with Crippen LogP contribution in [0.2, 0.25) is 0 Å². The summed E-state index contributed by atoms with van der Waals surface area (Å²) in [6.45, 7) is 0.989. The maximum Gasteiger partial charge on any atom is 0.339 e. The first-order valence-corrected chi connectivity index (χ1v) is 15.1. The molecule has 12 nitrogen and oxygen atoms in total. The predicted molar refractivity (Wildman–Crippen MR) is 164 cm³/mol. The fraction of sp³-hybridized carbons (Fsp3) is 0.100. The van der Waals surface area contributed by atoms with Crippen LogP contribution in [0.4, 0.5) is 16.2 Å². The molecule has 1 heterocycles. The minimum atomic E-state index is -4.47. The number of aryl methyl sites for hydroxylation is 1. The summed E-state index contributed by atoms with van der Waals surface area (Å²) in [5.74, 6) is -1.44. The van der Waals surface area contributed by atoms with Crippen molar-refractivity contribution in [3.63, 3.8) is 0 Å². The zero-order chi connectivity index (χ0) is 31.6. The topological polar surface area (TPSA) is 162 Å². The van der Waals surface area contributed by atoms with Gasteiger partial charge in [-0.2, -0.15) is 8.42 Å². The van der Waals surface area contributed by atoms with Gasteiger partial charge in [0.1, 0.15) is 11.4 Å². The van der Waals surface area contributed by atoms with E-state index in [0.717, 1.165) is 21.7 Å². The molecule has 0 unspecified atom stereocenters. The van der Waals surface area contributed by atoms with Gasteiger partial charge in [0.25, 0.3) is 16.8 Å². The first-order valence-electron chi connectivity index (χ1n) is 12.9. The summed E-state index contributed by atoms with van der Waals surface area (Å²) in [5, 5.41) is 15.1. The Morgan fingerprint density at radius 3 is 2.52 bits per heavy atom. The Kier molecular flexibility index (Phi) is 8.38. The van der Waals surface area contributed by atoms with E-state index in [1.165, 1.54) is 50.4 Å². The fourth-order valence-corrected chi connectivity index (χ4v) is 6.21. The number of methoxy groups -OCH3 is 1. The van der Waals surface area contributed by atoms with Crippen LogP contribution in [0.5, 0.6) is 11.5 Å².